The van der Waals surface area contributed by atoms with Gasteiger partial charge in [0.05, 0.1) is 5.03 Å². The summed E-state index contributed by atoms with van der Waals surface area (Å²) < 4.78 is 189. The van der Waals surface area contributed by atoms with Gasteiger partial charge in [-0.1, -0.05) is 11.6 Å². The van der Waals surface area contributed by atoms with Crippen LogP contribution in [0.2, 0.25) is 0 Å². The van der Waals surface area contributed by atoms with Crippen molar-refractivity contribution in [2.45, 2.75) is 42.0 Å². The first-order valence-electron chi connectivity index (χ1n) is 5.20. The van der Waals surface area contributed by atoms with Crippen LogP contribution >= 0.6 is 11.6 Å². The SMILES string of the molecule is FC=C(Cl)C(F)C(F)(F)C(F)(F)C(F)(F)C(F)(C(F)(F)F)C(F)(F)F. The second kappa shape index (κ2) is 6.30. The predicted octanol–water partition coefficient (Wildman–Crippen LogP) is 6.11. The summed E-state index contributed by atoms with van der Waals surface area (Å²) in [5, 5.41) is -2.61. The van der Waals surface area contributed by atoms with Crippen LogP contribution in [0.15, 0.2) is 11.4 Å². The first-order valence-corrected chi connectivity index (χ1v) is 5.58. The van der Waals surface area contributed by atoms with Gasteiger partial charge in [-0.15, -0.1) is 0 Å². The molecule has 16 heteroatoms. The van der Waals surface area contributed by atoms with Crippen LogP contribution in [0.5, 0.6) is 0 Å². The molecule has 0 saturated carbocycles. The maximum absolute atomic E-state index is 13.1. The van der Waals surface area contributed by atoms with Gasteiger partial charge in [0.25, 0.3) is 0 Å². The highest BCUT2D eigenvalue weighted by molar-refractivity contribution is 6.30. The third kappa shape index (κ3) is 3.23. The number of alkyl halides is 14. The quantitative estimate of drug-likeness (QED) is 0.462. The molecule has 0 aromatic carbocycles. The molecule has 0 aliphatic rings. The first kappa shape index (κ1) is 24.0. The zero-order chi connectivity index (χ0) is 20.9. The van der Waals surface area contributed by atoms with Crippen molar-refractivity contribution in [3.05, 3.63) is 11.4 Å². The number of halogens is 16. The van der Waals surface area contributed by atoms with Crippen molar-refractivity contribution in [1.82, 2.24) is 0 Å². The highest BCUT2D eigenvalue weighted by atomic mass is 35.5. The molecule has 0 N–H and O–H groups in total. The average molecular weight is 431 g/mol. The zero-order valence-electron chi connectivity index (χ0n) is 10.7. The van der Waals surface area contributed by atoms with E-state index in [1.165, 1.54) is 0 Å². The van der Waals surface area contributed by atoms with Crippen LogP contribution in [-0.4, -0.2) is 42.0 Å². The molecule has 0 amide bonds. The Morgan fingerprint density at radius 2 is 1.00 bits per heavy atom. The summed E-state index contributed by atoms with van der Waals surface area (Å²) in [6, 6.07) is 0. The van der Waals surface area contributed by atoms with E-state index in [1.807, 2.05) is 0 Å². The van der Waals surface area contributed by atoms with Gasteiger partial charge >= 0.3 is 35.8 Å². The van der Waals surface area contributed by atoms with Crippen molar-refractivity contribution in [3.8, 4) is 0 Å². The minimum absolute atomic E-state index is 1.41. The summed E-state index contributed by atoms with van der Waals surface area (Å²) in [4.78, 5) is 0. The van der Waals surface area contributed by atoms with E-state index in [0.29, 0.717) is 0 Å². The second-order valence-corrected chi connectivity index (χ2v) is 4.72. The number of hydrogen-bond acceptors (Lipinski definition) is 0. The van der Waals surface area contributed by atoms with Gasteiger partial charge in [0.2, 0.25) is 6.17 Å². The summed E-state index contributed by atoms with van der Waals surface area (Å²) in [5.41, 5.74) is -8.20. The molecule has 1 unspecified atom stereocenters. The molecule has 0 bridgehead atoms. The van der Waals surface area contributed by atoms with E-state index in [0.717, 1.165) is 0 Å². The van der Waals surface area contributed by atoms with Crippen molar-refractivity contribution < 1.29 is 65.9 Å². The minimum atomic E-state index is -8.28. The summed E-state index contributed by atoms with van der Waals surface area (Å²) in [5.74, 6) is -23.4. The van der Waals surface area contributed by atoms with E-state index in [-0.39, 0.29) is 0 Å². The Bertz CT molecular complexity index is 498. The van der Waals surface area contributed by atoms with Crippen molar-refractivity contribution in [2.24, 2.45) is 0 Å². The van der Waals surface area contributed by atoms with E-state index < -0.39 is 53.3 Å². The monoisotopic (exact) mass is 430 g/mol. The number of allylic oxidation sites excluding steroid dienone is 1. The Hall–Kier alpha value is -1.02. The van der Waals surface area contributed by atoms with E-state index >= 15 is 0 Å². The topological polar surface area (TPSA) is 0 Å². The van der Waals surface area contributed by atoms with Crippen molar-refractivity contribution in [1.29, 1.82) is 0 Å². The molecule has 1 atom stereocenters. The molecule has 0 aromatic heterocycles. The molecular formula is C9H2ClF15. The second-order valence-electron chi connectivity index (χ2n) is 4.28. The summed E-state index contributed by atoms with van der Waals surface area (Å²) in [7, 11) is 0. The van der Waals surface area contributed by atoms with Crippen molar-refractivity contribution in [2.75, 3.05) is 0 Å². The van der Waals surface area contributed by atoms with E-state index in [9.17, 15) is 65.9 Å². The van der Waals surface area contributed by atoms with E-state index in [4.69, 9.17) is 0 Å². The molecule has 0 radical (unpaired) electrons. The highest BCUT2D eigenvalue weighted by Crippen LogP contribution is 2.62. The summed E-state index contributed by atoms with van der Waals surface area (Å²) in [6.45, 7) is 0. The van der Waals surface area contributed by atoms with Gasteiger partial charge in [-0.25, -0.2) is 13.2 Å². The summed E-state index contributed by atoms with van der Waals surface area (Å²) >= 11 is 4.27. The molecule has 0 nitrogen and oxygen atoms in total. The lowest BCUT2D eigenvalue weighted by Gasteiger charge is -2.42. The fourth-order valence-electron chi connectivity index (χ4n) is 1.33. The lowest BCUT2D eigenvalue weighted by molar-refractivity contribution is -0.446. The number of rotatable bonds is 5. The van der Waals surface area contributed by atoms with E-state index in [1.54, 1.807) is 0 Å². The highest BCUT2D eigenvalue weighted by Gasteiger charge is 2.94. The van der Waals surface area contributed by atoms with Gasteiger partial charge in [0.1, 0.15) is 6.33 Å². The van der Waals surface area contributed by atoms with Gasteiger partial charge in [0, 0.05) is 0 Å². The Morgan fingerprint density at radius 1 is 0.680 bits per heavy atom. The molecule has 150 valence electrons. The van der Waals surface area contributed by atoms with Crippen LogP contribution in [0.25, 0.3) is 0 Å². The Labute approximate surface area is 132 Å². The molecule has 0 heterocycles. The van der Waals surface area contributed by atoms with Gasteiger partial charge in [-0.2, -0.15) is 52.7 Å². The Balaban J connectivity index is 6.64. The molecule has 0 rings (SSSR count). The van der Waals surface area contributed by atoms with Crippen LogP contribution in [0, 0.1) is 0 Å². The molecule has 0 fully saturated rings. The predicted molar refractivity (Wildman–Crippen MR) is 50.7 cm³/mol. The van der Waals surface area contributed by atoms with Gasteiger partial charge in [0.15, 0.2) is 0 Å². The van der Waals surface area contributed by atoms with Crippen LogP contribution in [0.4, 0.5) is 65.9 Å². The van der Waals surface area contributed by atoms with Gasteiger partial charge in [-0.3, -0.25) is 0 Å². The average Bonchev–Trinajstić information content (AvgIpc) is 2.41. The fraction of sp³-hybridized carbons (Fsp3) is 0.778. The maximum atomic E-state index is 13.1. The molecule has 0 aliphatic heterocycles. The minimum Gasteiger partial charge on any atom is -0.234 e. The van der Waals surface area contributed by atoms with Gasteiger partial charge in [-0.05, 0) is 0 Å². The lowest BCUT2D eigenvalue weighted by Crippen LogP contribution is -2.74. The van der Waals surface area contributed by atoms with Crippen LogP contribution in [-0.2, 0) is 0 Å². The van der Waals surface area contributed by atoms with Crippen molar-refractivity contribution >= 4 is 11.6 Å². The lowest BCUT2D eigenvalue weighted by atomic mass is 9.86. The molecule has 0 aliphatic carbocycles. The fourth-order valence-corrected chi connectivity index (χ4v) is 1.47. The van der Waals surface area contributed by atoms with Crippen LogP contribution < -0.4 is 0 Å². The van der Waals surface area contributed by atoms with Crippen LogP contribution in [0.3, 0.4) is 0 Å². The number of hydrogen-bond donors (Lipinski definition) is 0. The van der Waals surface area contributed by atoms with Crippen LogP contribution in [0.1, 0.15) is 0 Å². The van der Waals surface area contributed by atoms with Crippen molar-refractivity contribution in [3.63, 3.8) is 0 Å². The summed E-state index contributed by atoms with van der Waals surface area (Å²) in [6.07, 6.45) is -22.2. The smallest absolute Gasteiger partial charge is 0.234 e. The molecule has 25 heavy (non-hydrogen) atoms. The third-order valence-corrected chi connectivity index (χ3v) is 2.97. The zero-order valence-corrected chi connectivity index (χ0v) is 11.5. The molecule has 0 aromatic rings. The van der Waals surface area contributed by atoms with Gasteiger partial charge < -0.3 is 0 Å². The normalized spacial score (nSPS) is 17.7. The molecule has 0 saturated heterocycles. The first-order chi connectivity index (χ1) is 10.6. The standard InChI is InChI=1S/C9H2ClF15/c10-2(1-11)3(12)4(13,14)6(16,17)7(18,19)5(15,8(20,21)22)9(23,24)25/h1,3H. The largest absolute Gasteiger partial charge is 0.438 e. The molecule has 0 spiro atoms. The maximum Gasteiger partial charge on any atom is 0.438 e. The van der Waals surface area contributed by atoms with E-state index in [2.05, 4.69) is 11.6 Å². The Kier molecular flexibility index (Phi) is 6.04. The third-order valence-electron chi connectivity index (χ3n) is 2.69. The molecular weight excluding hydrogens is 429 g/mol. The Morgan fingerprint density at radius 3 is 1.24 bits per heavy atom.